The van der Waals surface area contributed by atoms with Crippen LogP contribution in [0.15, 0.2) is 97.1 Å². The van der Waals surface area contributed by atoms with Gasteiger partial charge in [-0.05, 0) is 52.4 Å². The van der Waals surface area contributed by atoms with Gasteiger partial charge in [-0.2, -0.15) is 0 Å². The van der Waals surface area contributed by atoms with Crippen LogP contribution in [0.5, 0.6) is 0 Å². The minimum atomic E-state index is -0.681. The zero-order valence-corrected chi connectivity index (χ0v) is 21.9. The number of aryl methyl sites for hydroxylation is 1. The van der Waals surface area contributed by atoms with E-state index in [0.717, 1.165) is 40.3 Å². The Bertz CT molecular complexity index is 1330. The van der Waals surface area contributed by atoms with Crippen molar-refractivity contribution in [2.24, 2.45) is 0 Å². The molecule has 196 valence electrons. The molecular formula is C33H35FN2O2. The van der Waals surface area contributed by atoms with E-state index in [9.17, 15) is 14.0 Å². The highest BCUT2D eigenvalue weighted by molar-refractivity contribution is 5.89. The number of halogens is 1. The van der Waals surface area contributed by atoms with Crippen molar-refractivity contribution in [3.8, 4) is 0 Å². The highest BCUT2D eigenvalue weighted by Gasteiger charge is 2.30. The summed E-state index contributed by atoms with van der Waals surface area (Å²) in [5.74, 6) is -0.600. The Kier molecular flexibility index (Phi) is 9.63. The van der Waals surface area contributed by atoms with E-state index >= 15 is 0 Å². The number of rotatable bonds is 12. The van der Waals surface area contributed by atoms with Crippen LogP contribution in [-0.4, -0.2) is 29.3 Å². The molecule has 0 saturated heterocycles. The van der Waals surface area contributed by atoms with Gasteiger partial charge in [-0.3, -0.25) is 9.59 Å². The lowest BCUT2D eigenvalue weighted by Crippen LogP contribution is -2.50. The normalized spacial score (nSPS) is 11.7. The van der Waals surface area contributed by atoms with Crippen molar-refractivity contribution in [1.82, 2.24) is 10.2 Å². The summed E-state index contributed by atoms with van der Waals surface area (Å²) < 4.78 is 13.6. The van der Waals surface area contributed by atoms with Crippen LogP contribution in [-0.2, 0) is 29.0 Å². The number of carbonyl (C=O) groups excluding carboxylic acids is 2. The van der Waals surface area contributed by atoms with E-state index < -0.39 is 6.04 Å². The fourth-order valence-corrected chi connectivity index (χ4v) is 4.74. The first-order valence-electron chi connectivity index (χ1n) is 13.4. The summed E-state index contributed by atoms with van der Waals surface area (Å²) in [6, 6.07) is 29.5. The van der Waals surface area contributed by atoms with Gasteiger partial charge in [0, 0.05) is 25.9 Å². The van der Waals surface area contributed by atoms with Gasteiger partial charge in [-0.25, -0.2) is 4.39 Å². The summed E-state index contributed by atoms with van der Waals surface area (Å²) in [5, 5.41) is 5.31. The van der Waals surface area contributed by atoms with Gasteiger partial charge in [-0.1, -0.05) is 98.3 Å². The molecule has 0 unspecified atom stereocenters. The minimum absolute atomic E-state index is 0.103. The zero-order valence-electron chi connectivity index (χ0n) is 21.9. The Morgan fingerprint density at radius 1 is 0.842 bits per heavy atom. The van der Waals surface area contributed by atoms with E-state index in [-0.39, 0.29) is 30.6 Å². The molecule has 0 radical (unpaired) electrons. The number of benzene rings is 4. The molecule has 4 aromatic rings. The summed E-state index contributed by atoms with van der Waals surface area (Å²) >= 11 is 0. The summed E-state index contributed by atoms with van der Waals surface area (Å²) in [6.07, 6.45) is 3.07. The number of hydrogen-bond donors (Lipinski definition) is 1. The summed E-state index contributed by atoms with van der Waals surface area (Å²) in [5.41, 5.74) is 2.86. The van der Waals surface area contributed by atoms with Gasteiger partial charge in [0.1, 0.15) is 11.9 Å². The van der Waals surface area contributed by atoms with Gasteiger partial charge in [0.05, 0.1) is 0 Å². The highest BCUT2D eigenvalue weighted by atomic mass is 19.1. The molecular weight excluding hydrogens is 475 g/mol. The Labute approximate surface area is 224 Å². The van der Waals surface area contributed by atoms with Crippen LogP contribution in [0.25, 0.3) is 10.8 Å². The quantitative estimate of drug-likeness (QED) is 0.222. The van der Waals surface area contributed by atoms with Gasteiger partial charge >= 0.3 is 0 Å². The zero-order chi connectivity index (χ0) is 26.7. The summed E-state index contributed by atoms with van der Waals surface area (Å²) in [7, 11) is 0. The van der Waals surface area contributed by atoms with Crippen LogP contribution >= 0.6 is 0 Å². The Morgan fingerprint density at radius 2 is 1.55 bits per heavy atom. The van der Waals surface area contributed by atoms with E-state index in [0.29, 0.717) is 19.4 Å². The first kappa shape index (κ1) is 27.1. The molecule has 38 heavy (non-hydrogen) atoms. The molecule has 4 nitrogen and oxygen atoms in total. The maximum atomic E-state index is 13.9. The lowest BCUT2D eigenvalue weighted by atomic mass is 9.99. The number of hydrogen-bond acceptors (Lipinski definition) is 2. The average Bonchev–Trinajstić information content (AvgIpc) is 2.95. The molecule has 2 amide bonds. The first-order valence-corrected chi connectivity index (χ1v) is 13.4. The summed E-state index contributed by atoms with van der Waals surface area (Å²) in [6.45, 7) is 2.87. The molecule has 0 heterocycles. The predicted molar refractivity (Wildman–Crippen MR) is 151 cm³/mol. The maximum Gasteiger partial charge on any atom is 0.243 e. The second-order valence-electron chi connectivity index (χ2n) is 9.64. The molecule has 0 saturated carbocycles. The number of nitrogens with one attached hydrogen (secondary N) is 1. The van der Waals surface area contributed by atoms with Crippen molar-refractivity contribution in [3.63, 3.8) is 0 Å². The van der Waals surface area contributed by atoms with E-state index in [1.165, 1.54) is 12.1 Å². The fraction of sp³-hybridized carbons (Fsp3) is 0.273. The van der Waals surface area contributed by atoms with Crippen LogP contribution in [0, 0.1) is 5.82 Å². The molecule has 4 aromatic carbocycles. The SMILES string of the molecule is CCCCNC(=O)[C@@H](Cc1ccccc1)N(Cc1ccc(F)cc1)C(=O)CCc1cccc2ccccc12. The molecule has 0 aliphatic heterocycles. The standard InChI is InChI=1S/C33H35FN2O2/c1-2-3-22-35-33(38)31(23-25-10-5-4-6-11-25)36(24-26-16-19-29(34)20-17-26)32(37)21-18-28-14-9-13-27-12-7-8-15-30(27)28/h4-17,19-20,31H,2-3,18,21-24H2,1H3,(H,35,38)/t31-/m1/s1. The van der Waals surface area contributed by atoms with E-state index in [4.69, 9.17) is 0 Å². The topological polar surface area (TPSA) is 49.4 Å². The molecule has 0 fully saturated rings. The Morgan fingerprint density at radius 3 is 2.32 bits per heavy atom. The maximum absolute atomic E-state index is 13.9. The van der Waals surface area contributed by atoms with Crippen molar-refractivity contribution in [2.75, 3.05) is 6.54 Å². The van der Waals surface area contributed by atoms with Gasteiger partial charge in [0.25, 0.3) is 0 Å². The average molecular weight is 511 g/mol. The van der Waals surface area contributed by atoms with Crippen molar-refractivity contribution in [1.29, 1.82) is 0 Å². The van der Waals surface area contributed by atoms with Crippen LogP contribution in [0.1, 0.15) is 42.9 Å². The van der Waals surface area contributed by atoms with Crippen LogP contribution in [0.4, 0.5) is 4.39 Å². The number of nitrogens with zero attached hydrogens (tertiary/aromatic N) is 1. The molecule has 0 aromatic heterocycles. The van der Waals surface area contributed by atoms with Gasteiger partial charge in [0.15, 0.2) is 0 Å². The molecule has 0 aliphatic carbocycles. The molecule has 0 bridgehead atoms. The van der Waals surface area contributed by atoms with E-state index in [2.05, 4.69) is 36.5 Å². The Balaban J connectivity index is 1.62. The number of amides is 2. The van der Waals surface area contributed by atoms with Crippen molar-refractivity contribution < 1.29 is 14.0 Å². The van der Waals surface area contributed by atoms with Crippen LogP contribution in [0.3, 0.4) is 0 Å². The first-order chi connectivity index (χ1) is 18.5. The van der Waals surface area contributed by atoms with Crippen LogP contribution in [0.2, 0.25) is 0 Å². The minimum Gasteiger partial charge on any atom is -0.354 e. The lowest BCUT2D eigenvalue weighted by molar-refractivity contribution is -0.141. The van der Waals surface area contributed by atoms with Gasteiger partial charge < -0.3 is 10.2 Å². The van der Waals surface area contributed by atoms with Crippen molar-refractivity contribution in [2.45, 2.75) is 51.6 Å². The van der Waals surface area contributed by atoms with E-state index in [1.807, 2.05) is 48.5 Å². The van der Waals surface area contributed by atoms with E-state index in [1.54, 1.807) is 17.0 Å². The fourth-order valence-electron chi connectivity index (χ4n) is 4.74. The molecule has 0 spiro atoms. The second-order valence-corrected chi connectivity index (χ2v) is 9.64. The molecule has 5 heteroatoms. The molecule has 4 rings (SSSR count). The highest BCUT2D eigenvalue weighted by Crippen LogP contribution is 2.22. The number of carbonyl (C=O) groups is 2. The molecule has 1 atom stereocenters. The summed E-state index contributed by atoms with van der Waals surface area (Å²) in [4.78, 5) is 29.0. The molecule has 0 aliphatic rings. The third kappa shape index (κ3) is 7.28. The van der Waals surface area contributed by atoms with Crippen molar-refractivity contribution in [3.05, 3.63) is 120 Å². The van der Waals surface area contributed by atoms with Crippen LogP contribution < -0.4 is 5.32 Å². The van der Waals surface area contributed by atoms with Gasteiger partial charge in [0.2, 0.25) is 11.8 Å². The number of unbranched alkanes of at least 4 members (excludes halogenated alkanes) is 1. The predicted octanol–water partition coefficient (Wildman–Crippen LogP) is 6.47. The van der Waals surface area contributed by atoms with Gasteiger partial charge in [-0.15, -0.1) is 0 Å². The number of fused-ring (bicyclic) bond motifs is 1. The second kappa shape index (κ2) is 13.5. The monoisotopic (exact) mass is 510 g/mol. The largest absolute Gasteiger partial charge is 0.354 e. The van der Waals surface area contributed by atoms with Crippen molar-refractivity contribution >= 4 is 22.6 Å². The lowest BCUT2D eigenvalue weighted by Gasteiger charge is -2.32. The third-order valence-electron chi connectivity index (χ3n) is 6.85. The Hall–Kier alpha value is -3.99. The molecule has 1 N–H and O–H groups in total. The smallest absolute Gasteiger partial charge is 0.243 e. The third-order valence-corrected chi connectivity index (χ3v) is 6.85.